The lowest BCUT2D eigenvalue weighted by Gasteiger charge is -2.02. The van der Waals surface area contributed by atoms with Gasteiger partial charge in [0, 0.05) is 12.8 Å². The second-order valence-electron chi connectivity index (χ2n) is 5.78. The molecule has 0 unspecified atom stereocenters. The minimum atomic E-state index is -0.370. The molecule has 2 aromatic rings. The second-order valence-corrected chi connectivity index (χ2v) is 5.78. The zero-order valence-electron chi connectivity index (χ0n) is 15.3. The predicted molar refractivity (Wildman–Crippen MR) is 96.8 cm³/mol. The highest BCUT2D eigenvalue weighted by atomic mass is 16.3. The summed E-state index contributed by atoms with van der Waals surface area (Å²) in [7, 11) is 0. The number of amides is 2. The van der Waals surface area contributed by atoms with Crippen molar-refractivity contribution >= 4 is 23.2 Å². The largest absolute Gasteiger partial charge is 0.460 e. The molecule has 0 aromatic carbocycles. The summed E-state index contributed by atoms with van der Waals surface area (Å²) in [6.45, 7) is 7.09. The fraction of sp³-hybridized carbons (Fsp3) is 0.333. The number of nitrogens with one attached hydrogen (secondary N) is 2. The minimum absolute atomic E-state index is 0.00573. The van der Waals surface area contributed by atoms with Crippen LogP contribution in [0.2, 0.25) is 0 Å². The molecule has 2 rings (SSSR count). The van der Waals surface area contributed by atoms with Crippen molar-refractivity contribution in [2.24, 2.45) is 10.2 Å². The van der Waals surface area contributed by atoms with E-state index in [-0.39, 0.29) is 24.7 Å². The van der Waals surface area contributed by atoms with Crippen LogP contribution in [-0.4, -0.2) is 23.2 Å². The van der Waals surface area contributed by atoms with Crippen LogP contribution in [0.4, 0.5) is 0 Å². The van der Waals surface area contributed by atoms with Crippen molar-refractivity contribution in [3.8, 4) is 0 Å². The molecule has 0 saturated heterocycles. The lowest BCUT2D eigenvalue weighted by molar-refractivity contribution is -0.126. The van der Waals surface area contributed by atoms with Crippen molar-refractivity contribution in [1.29, 1.82) is 0 Å². The summed E-state index contributed by atoms with van der Waals surface area (Å²) in [4.78, 5) is 23.5. The molecule has 0 aliphatic heterocycles. The molecule has 8 heteroatoms. The first-order valence-electron chi connectivity index (χ1n) is 8.15. The van der Waals surface area contributed by atoms with Crippen LogP contribution < -0.4 is 10.9 Å². The normalized spacial score (nSPS) is 12.2. The van der Waals surface area contributed by atoms with Crippen LogP contribution >= 0.6 is 0 Å². The number of carbonyl (C=O) groups is 2. The zero-order chi connectivity index (χ0) is 19.1. The van der Waals surface area contributed by atoms with Gasteiger partial charge in [-0.05, 0) is 52.0 Å². The Hall–Kier alpha value is -3.16. The summed E-state index contributed by atoms with van der Waals surface area (Å²) >= 11 is 0. The monoisotopic (exact) mass is 358 g/mol. The van der Waals surface area contributed by atoms with Crippen LogP contribution in [0.1, 0.15) is 49.7 Å². The highest BCUT2D eigenvalue weighted by molar-refractivity contribution is 5.97. The van der Waals surface area contributed by atoms with E-state index in [1.54, 1.807) is 26.0 Å². The van der Waals surface area contributed by atoms with Gasteiger partial charge >= 0.3 is 0 Å². The van der Waals surface area contributed by atoms with Crippen molar-refractivity contribution in [2.75, 3.05) is 0 Å². The summed E-state index contributed by atoms with van der Waals surface area (Å²) < 4.78 is 10.8. The third kappa shape index (κ3) is 5.73. The summed E-state index contributed by atoms with van der Waals surface area (Å²) in [5, 5.41) is 7.91. The van der Waals surface area contributed by atoms with Gasteiger partial charge in [0.05, 0.1) is 0 Å². The molecule has 0 aliphatic carbocycles. The summed E-state index contributed by atoms with van der Waals surface area (Å²) in [6.07, 6.45) is -0.0115. The number of hydrogen-bond acceptors (Lipinski definition) is 6. The van der Waals surface area contributed by atoms with Crippen LogP contribution in [-0.2, 0) is 9.59 Å². The van der Waals surface area contributed by atoms with Gasteiger partial charge in [-0.1, -0.05) is 0 Å². The molecule has 0 saturated carbocycles. The van der Waals surface area contributed by atoms with Crippen molar-refractivity contribution < 1.29 is 18.4 Å². The average molecular weight is 358 g/mol. The molecule has 0 spiro atoms. The van der Waals surface area contributed by atoms with E-state index >= 15 is 0 Å². The van der Waals surface area contributed by atoms with Crippen molar-refractivity contribution in [2.45, 2.75) is 40.5 Å². The van der Waals surface area contributed by atoms with Gasteiger partial charge in [0.15, 0.2) is 0 Å². The van der Waals surface area contributed by atoms with Crippen molar-refractivity contribution in [3.05, 3.63) is 47.3 Å². The Bertz CT molecular complexity index is 775. The van der Waals surface area contributed by atoms with E-state index in [1.807, 2.05) is 26.0 Å². The third-order valence-corrected chi connectivity index (χ3v) is 3.47. The second kappa shape index (κ2) is 8.80. The lowest BCUT2D eigenvalue weighted by atomic mass is 10.3. The smallest absolute Gasteiger partial charge is 0.240 e. The highest BCUT2D eigenvalue weighted by Gasteiger charge is 2.08. The van der Waals surface area contributed by atoms with Crippen LogP contribution in [0.15, 0.2) is 43.3 Å². The van der Waals surface area contributed by atoms with Crippen LogP contribution in [0, 0.1) is 13.8 Å². The Morgan fingerprint density at radius 2 is 1.19 bits per heavy atom. The molecule has 2 aromatic heterocycles. The number of rotatable bonds is 7. The topological polar surface area (TPSA) is 109 Å². The first-order valence-corrected chi connectivity index (χ1v) is 8.15. The van der Waals surface area contributed by atoms with E-state index in [0.717, 1.165) is 11.5 Å². The maximum Gasteiger partial charge on any atom is 0.240 e. The lowest BCUT2D eigenvalue weighted by Crippen LogP contribution is -2.24. The molecule has 2 heterocycles. The van der Waals surface area contributed by atoms with Gasteiger partial charge in [-0.2, -0.15) is 10.2 Å². The van der Waals surface area contributed by atoms with E-state index in [0.29, 0.717) is 22.9 Å². The number of nitrogens with zero attached hydrogens (tertiary/aromatic N) is 2. The number of hydrazone groups is 2. The molecule has 0 atom stereocenters. The van der Waals surface area contributed by atoms with Crippen LogP contribution in [0.3, 0.4) is 0 Å². The summed E-state index contributed by atoms with van der Waals surface area (Å²) in [6, 6.07) is 7.17. The van der Waals surface area contributed by atoms with E-state index in [2.05, 4.69) is 21.1 Å². The molecule has 0 radical (unpaired) electrons. The van der Waals surface area contributed by atoms with Crippen LogP contribution in [0.25, 0.3) is 0 Å². The maximum atomic E-state index is 11.8. The number of furan rings is 2. The van der Waals surface area contributed by atoms with Gasteiger partial charge in [0.25, 0.3) is 0 Å². The van der Waals surface area contributed by atoms with Crippen molar-refractivity contribution in [1.82, 2.24) is 10.9 Å². The Labute approximate surface area is 151 Å². The van der Waals surface area contributed by atoms with E-state index in [4.69, 9.17) is 8.83 Å². The molecule has 8 nitrogen and oxygen atoms in total. The fourth-order valence-corrected chi connectivity index (χ4v) is 2.00. The molecule has 26 heavy (non-hydrogen) atoms. The highest BCUT2D eigenvalue weighted by Crippen LogP contribution is 2.08. The van der Waals surface area contributed by atoms with Gasteiger partial charge in [-0.15, -0.1) is 0 Å². The van der Waals surface area contributed by atoms with Gasteiger partial charge in [-0.25, -0.2) is 10.9 Å². The summed E-state index contributed by atoms with van der Waals surface area (Å²) in [5.74, 6) is 1.95. The van der Waals surface area contributed by atoms with E-state index < -0.39 is 0 Å². The van der Waals surface area contributed by atoms with Gasteiger partial charge < -0.3 is 8.83 Å². The Morgan fingerprint density at radius 3 is 1.50 bits per heavy atom. The van der Waals surface area contributed by atoms with Crippen LogP contribution in [0.5, 0.6) is 0 Å². The SMILES string of the molecule is C/C(=N\NC(=O)CCC(=O)N/N=C(\C)c1ccc(C)o1)c1ccc(C)o1. The Balaban J connectivity index is 1.75. The Morgan fingerprint density at radius 1 is 0.808 bits per heavy atom. The molecular formula is C18H22N4O4. The number of aryl methyl sites for hydroxylation is 2. The minimum Gasteiger partial charge on any atom is -0.460 e. The third-order valence-electron chi connectivity index (χ3n) is 3.47. The molecule has 2 amide bonds. The average Bonchev–Trinajstić information content (AvgIpc) is 3.24. The standard InChI is InChI=1S/C18H22N4O4/c1-11-5-7-15(25-11)13(3)19-21-17(23)9-10-18(24)22-20-14(4)16-8-6-12(2)26-16/h5-8H,9-10H2,1-4H3,(H,21,23)(H,22,24)/b19-13+,20-14+. The first-order chi connectivity index (χ1) is 12.3. The molecular weight excluding hydrogens is 336 g/mol. The van der Waals surface area contributed by atoms with E-state index in [1.165, 1.54) is 0 Å². The molecule has 0 aliphatic rings. The molecule has 138 valence electrons. The van der Waals surface area contributed by atoms with E-state index in [9.17, 15) is 9.59 Å². The Kier molecular flexibility index (Phi) is 6.48. The molecule has 0 bridgehead atoms. The zero-order valence-corrected chi connectivity index (χ0v) is 15.3. The first kappa shape index (κ1) is 19.2. The van der Waals surface area contributed by atoms with Crippen molar-refractivity contribution in [3.63, 3.8) is 0 Å². The van der Waals surface area contributed by atoms with Gasteiger partial charge in [0.2, 0.25) is 11.8 Å². The molecule has 0 fully saturated rings. The number of hydrogen-bond donors (Lipinski definition) is 2. The van der Waals surface area contributed by atoms with Gasteiger partial charge in [0.1, 0.15) is 34.5 Å². The molecule has 2 N–H and O–H groups in total. The fourth-order valence-electron chi connectivity index (χ4n) is 2.00. The maximum absolute atomic E-state index is 11.8. The van der Waals surface area contributed by atoms with Gasteiger partial charge in [-0.3, -0.25) is 9.59 Å². The predicted octanol–water partition coefficient (Wildman–Crippen LogP) is 2.65. The number of carbonyl (C=O) groups excluding carboxylic acids is 2. The summed E-state index contributed by atoms with van der Waals surface area (Å²) in [5.41, 5.74) is 5.89. The quantitative estimate of drug-likeness (QED) is 0.586.